The van der Waals surface area contributed by atoms with Crippen LogP contribution in [-0.2, 0) is 22.9 Å². The van der Waals surface area contributed by atoms with E-state index in [1.165, 1.54) is 43.2 Å². The summed E-state index contributed by atoms with van der Waals surface area (Å²) in [6, 6.07) is 5.99. The lowest BCUT2D eigenvalue weighted by Gasteiger charge is -2.35. The molecule has 0 spiro atoms. The number of hydrogen-bond donors (Lipinski definition) is 0. The maximum Gasteiger partial charge on any atom is 0.243 e. The Balaban J connectivity index is 1.58. The highest BCUT2D eigenvalue weighted by Crippen LogP contribution is 2.29. The van der Waals surface area contributed by atoms with Crippen LogP contribution in [0.25, 0.3) is 0 Å². The maximum absolute atomic E-state index is 13.6. The minimum absolute atomic E-state index is 0.0941. The van der Waals surface area contributed by atoms with Gasteiger partial charge in [0, 0.05) is 24.9 Å². The van der Waals surface area contributed by atoms with E-state index in [0.717, 1.165) is 50.4 Å². The number of thioether (sulfide) groups is 1. The maximum atomic E-state index is 13.6. The first-order valence-corrected chi connectivity index (χ1v) is 13.2. The van der Waals surface area contributed by atoms with E-state index in [2.05, 4.69) is 11.0 Å². The zero-order chi connectivity index (χ0) is 18.7. The van der Waals surface area contributed by atoms with Crippen LogP contribution in [0.3, 0.4) is 0 Å². The minimum atomic E-state index is -3.43. The molecule has 4 rings (SSSR count). The van der Waals surface area contributed by atoms with Gasteiger partial charge >= 0.3 is 0 Å². The normalized spacial score (nSPS) is 25.7. The molecule has 6 heteroatoms. The highest BCUT2D eigenvalue weighted by atomic mass is 32.2. The standard InChI is InChI=1S/C21H32N2O2S2/c24-27(25,21-10-9-18-7-2-3-8-19(18)15-21)23-13-6-14-26-17-20(23)16-22-11-4-1-5-12-22/h9-10,15,20H,1-8,11-14,16-17H2. The number of benzene rings is 1. The zero-order valence-electron chi connectivity index (χ0n) is 16.2. The summed E-state index contributed by atoms with van der Waals surface area (Å²) in [5.41, 5.74) is 2.59. The van der Waals surface area contributed by atoms with Crippen molar-refractivity contribution in [3.05, 3.63) is 29.3 Å². The summed E-state index contributed by atoms with van der Waals surface area (Å²) >= 11 is 1.92. The summed E-state index contributed by atoms with van der Waals surface area (Å²) in [5.74, 6) is 1.98. The van der Waals surface area contributed by atoms with Gasteiger partial charge in [-0.2, -0.15) is 16.1 Å². The second-order valence-corrected chi connectivity index (χ2v) is 11.2. The van der Waals surface area contributed by atoms with Crippen LogP contribution in [0.2, 0.25) is 0 Å². The van der Waals surface area contributed by atoms with Crippen LogP contribution in [-0.4, -0.2) is 61.3 Å². The van der Waals surface area contributed by atoms with Crippen molar-refractivity contribution in [1.29, 1.82) is 0 Å². The van der Waals surface area contributed by atoms with Crippen LogP contribution >= 0.6 is 11.8 Å². The number of hydrogen-bond acceptors (Lipinski definition) is 4. The van der Waals surface area contributed by atoms with Crippen LogP contribution in [0.5, 0.6) is 0 Å². The van der Waals surface area contributed by atoms with Crippen LogP contribution in [0.15, 0.2) is 23.1 Å². The molecule has 2 aliphatic heterocycles. The van der Waals surface area contributed by atoms with E-state index in [9.17, 15) is 8.42 Å². The van der Waals surface area contributed by atoms with Gasteiger partial charge in [-0.3, -0.25) is 0 Å². The first kappa shape index (κ1) is 19.7. The summed E-state index contributed by atoms with van der Waals surface area (Å²) < 4.78 is 29.0. The first-order chi connectivity index (χ1) is 13.1. The molecule has 1 atom stereocenters. The molecule has 0 saturated carbocycles. The molecule has 2 saturated heterocycles. The van der Waals surface area contributed by atoms with Crippen molar-refractivity contribution in [2.45, 2.75) is 62.3 Å². The second kappa shape index (κ2) is 8.85. The fourth-order valence-electron chi connectivity index (χ4n) is 4.71. The lowest BCUT2D eigenvalue weighted by molar-refractivity contribution is 0.183. The molecule has 3 aliphatic rings. The average Bonchev–Trinajstić information content (AvgIpc) is 2.94. The van der Waals surface area contributed by atoms with Crippen molar-refractivity contribution in [2.75, 3.05) is 37.7 Å². The third-order valence-electron chi connectivity index (χ3n) is 6.23. The Labute approximate surface area is 168 Å². The van der Waals surface area contributed by atoms with E-state index in [1.54, 1.807) is 0 Å². The predicted molar refractivity (Wildman–Crippen MR) is 113 cm³/mol. The van der Waals surface area contributed by atoms with E-state index in [0.29, 0.717) is 11.4 Å². The monoisotopic (exact) mass is 408 g/mol. The highest BCUT2D eigenvalue weighted by Gasteiger charge is 2.34. The molecule has 27 heavy (non-hydrogen) atoms. The fourth-order valence-corrected chi connectivity index (χ4v) is 7.57. The molecular formula is C21H32N2O2S2. The van der Waals surface area contributed by atoms with Crippen molar-refractivity contribution in [3.8, 4) is 0 Å². The number of rotatable bonds is 4. The van der Waals surface area contributed by atoms with Crippen molar-refractivity contribution in [3.63, 3.8) is 0 Å². The second-order valence-electron chi connectivity index (χ2n) is 8.20. The third-order valence-corrected chi connectivity index (χ3v) is 9.37. The molecule has 1 aromatic carbocycles. The zero-order valence-corrected chi connectivity index (χ0v) is 17.9. The van der Waals surface area contributed by atoms with E-state index in [4.69, 9.17) is 0 Å². The number of piperidine rings is 1. The number of nitrogens with zero attached hydrogens (tertiary/aromatic N) is 2. The molecule has 2 fully saturated rings. The molecule has 0 bridgehead atoms. The summed E-state index contributed by atoms with van der Waals surface area (Å²) in [6.45, 7) is 3.78. The van der Waals surface area contributed by atoms with E-state index in [-0.39, 0.29) is 6.04 Å². The van der Waals surface area contributed by atoms with Crippen LogP contribution in [0.4, 0.5) is 0 Å². The molecule has 4 nitrogen and oxygen atoms in total. The lowest BCUT2D eigenvalue weighted by Crippen LogP contribution is -2.49. The molecule has 1 unspecified atom stereocenters. The van der Waals surface area contributed by atoms with Gasteiger partial charge in [-0.1, -0.05) is 12.5 Å². The Morgan fingerprint density at radius 3 is 2.52 bits per heavy atom. The van der Waals surface area contributed by atoms with Crippen LogP contribution in [0, 0.1) is 0 Å². The van der Waals surface area contributed by atoms with Gasteiger partial charge in [-0.15, -0.1) is 0 Å². The molecule has 1 aromatic rings. The Morgan fingerprint density at radius 2 is 1.70 bits per heavy atom. The highest BCUT2D eigenvalue weighted by molar-refractivity contribution is 7.99. The number of likely N-dealkylation sites (tertiary alicyclic amines) is 1. The van der Waals surface area contributed by atoms with Crippen LogP contribution < -0.4 is 0 Å². The minimum Gasteiger partial charge on any atom is -0.302 e. The molecule has 1 aliphatic carbocycles. The van der Waals surface area contributed by atoms with Gasteiger partial charge in [-0.25, -0.2) is 8.42 Å². The Kier molecular flexibility index (Phi) is 6.47. The molecule has 0 amide bonds. The summed E-state index contributed by atoms with van der Waals surface area (Å²) in [5, 5.41) is 0. The van der Waals surface area contributed by atoms with Crippen LogP contribution in [0.1, 0.15) is 49.7 Å². The van der Waals surface area contributed by atoms with E-state index < -0.39 is 10.0 Å². The van der Waals surface area contributed by atoms with Gasteiger partial charge in [0.1, 0.15) is 0 Å². The largest absolute Gasteiger partial charge is 0.302 e. The molecule has 0 aromatic heterocycles. The van der Waals surface area contributed by atoms with Crippen molar-refractivity contribution in [1.82, 2.24) is 9.21 Å². The summed E-state index contributed by atoms with van der Waals surface area (Å²) in [4.78, 5) is 2.99. The van der Waals surface area contributed by atoms with Gasteiger partial charge in [0.05, 0.1) is 4.90 Å². The fraction of sp³-hybridized carbons (Fsp3) is 0.714. The van der Waals surface area contributed by atoms with Crippen molar-refractivity contribution < 1.29 is 8.42 Å². The Bertz CT molecular complexity index is 745. The quantitative estimate of drug-likeness (QED) is 0.764. The smallest absolute Gasteiger partial charge is 0.243 e. The van der Waals surface area contributed by atoms with Crippen molar-refractivity contribution in [2.24, 2.45) is 0 Å². The molecule has 0 N–H and O–H groups in total. The topological polar surface area (TPSA) is 40.6 Å². The van der Waals surface area contributed by atoms with Gasteiger partial charge in [0.2, 0.25) is 10.0 Å². The average molecular weight is 409 g/mol. The summed E-state index contributed by atoms with van der Waals surface area (Å²) in [6.07, 6.45) is 9.27. The van der Waals surface area contributed by atoms with Crippen molar-refractivity contribution >= 4 is 21.8 Å². The number of fused-ring (bicyclic) bond motifs is 1. The predicted octanol–water partition coefficient (Wildman–Crippen LogP) is 3.55. The number of aryl methyl sites for hydroxylation is 2. The third kappa shape index (κ3) is 4.55. The SMILES string of the molecule is O=S(=O)(c1ccc2c(c1)CCCC2)N1CCCSCC1CN1CCCCC1. The van der Waals surface area contributed by atoms with Gasteiger partial charge < -0.3 is 4.90 Å². The summed E-state index contributed by atoms with van der Waals surface area (Å²) in [7, 11) is -3.43. The Hall–Kier alpha value is -0.560. The number of sulfonamides is 1. The Morgan fingerprint density at radius 1 is 0.926 bits per heavy atom. The van der Waals surface area contributed by atoms with Gasteiger partial charge in [-0.05, 0) is 87.0 Å². The van der Waals surface area contributed by atoms with E-state index in [1.807, 2.05) is 28.2 Å². The molecule has 2 heterocycles. The van der Waals surface area contributed by atoms with Gasteiger partial charge in [0.15, 0.2) is 0 Å². The molecule has 150 valence electrons. The lowest BCUT2D eigenvalue weighted by atomic mass is 9.92. The molecule has 0 radical (unpaired) electrons. The van der Waals surface area contributed by atoms with E-state index >= 15 is 0 Å². The first-order valence-electron chi connectivity index (χ1n) is 10.6. The molecular weight excluding hydrogens is 376 g/mol. The van der Waals surface area contributed by atoms with Gasteiger partial charge in [0.25, 0.3) is 0 Å².